The van der Waals surface area contributed by atoms with Crippen LogP contribution in [0.25, 0.3) is 0 Å². The molecule has 0 spiro atoms. The van der Waals surface area contributed by atoms with Gasteiger partial charge in [0, 0.05) is 13.1 Å². The summed E-state index contributed by atoms with van der Waals surface area (Å²) >= 11 is 0. The maximum atomic E-state index is 12.6. The summed E-state index contributed by atoms with van der Waals surface area (Å²) in [7, 11) is 2.01. The van der Waals surface area contributed by atoms with Crippen LogP contribution in [-0.4, -0.2) is 40.0 Å². The summed E-state index contributed by atoms with van der Waals surface area (Å²) < 4.78 is 66.5. The molecule has 4 nitrogen and oxygen atoms in total. The summed E-state index contributed by atoms with van der Waals surface area (Å²) in [5.41, 5.74) is 0. The maximum absolute atomic E-state index is 12.6. The Labute approximate surface area is 136 Å². The van der Waals surface area contributed by atoms with Crippen molar-refractivity contribution >= 4 is 17.9 Å². The summed E-state index contributed by atoms with van der Waals surface area (Å²) in [6.45, 7) is 4.13. The Balaban J connectivity index is 3.00. The van der Waals surface area contributed by atoms with Gasteiger partial charge in [-0.15, -0.1) is 13.2 Å². The Morgan fingerprint density at radius 2 is 1.78 bits per heavy atom. The highest BCUT2D eigenvalue weighted by Crippen LogP contribution is 2.25. The van der Waals surface area contributed by atoms with Gasteiger partial charge < -0.3 is 4.74 Å². The van der Waals surface area contributed by atoms with Crippen molar-refractivity contribution in [2.75, 3.05) is 13.1 Å². The minimum atomic E-state index is -4.82. The van der Waals surface area contributed by atoms with Crippen LogP contribution < -0.4 is 4.74 Å². The molecule has 0 heterocycles. The summed E-state index contributed by atoms with van der Waals surface area (Å²) in [6, 6.07) is 4.14. The second kappa shape index (κ2) is 8.05. The molecule has 0 amide bonds. The predicted molar refractivity (Wildman–Crippen MR) is 82.0 cm³/mol. The molecule has 0 bridgehead atoms. The van der Waals surface area contributed by atoms with Crippen LogP contribution in [0.4, 0.5) is 13.2 Å². The Morgan fingerprint density at radius 1 is 1.22 bits per heavy atom. The Bertz CT molecular complexity index is 590. The van der Waals surface area contributed by atoms with Crippen molar-refractivity contribution in [2.45, 2.75) is 43.8 Å². The van der Waals surface area contributed by atoms with Crippen molar-refractivity contribution in [3.05, 3.63) is 24.3 Å². The molecule has 23 heavy (non-hydrogen) atoms. The van der Waals surface area contributed by atoms with Crippen molar-refractivity contribution < 1.29 is 26.3 Å². The van der Waals surface area contributed by atoms with Crippen molar-refractivity contribution in [1.82, 2.24) is 4.31 Å². The lowest BCUT2D eigenvalue weighted by Crippen LogP contribution is -2.34. The van der Waals surface area contributed by atoms with E-state index in [1.54, 1.807) is 0 Å². The summed E-state index contributed by atoms with van der Waals surface area (Å²) in [6.07, 6.45) is -3.60. The molecule has 9 heteroatoms. The Kier molecular flexibility index (Phi) is 6.94. The number of halogens is 3. The number of benzene rings is 1. The van der Waals surface area contributed by atoms with Crippen LogP contribution in [0.5, 0.6) is 5.75 Å². The zero-order chi connectivity index (χ0) is 17.7. The van der Waals surface area contributed by atoms with Crippen LogP contribution >= 0.6 is 0 Å². The van der Waals surface area contributed by atoms with Gasteiger partial charge in [-0.05, 0) is 30.7 Å². The number of rotatable bonds is 8. The van der Waals surface area contributed by atoms with Crippen LogP contribution in [-0.2, 0) is 10.0 Å². The van der Waals surface area contributed by atoms with Gasteiger partial charge >= 0.3 is 6.36 Å². The quantitative estimate of drug-likeness (QED) is 0.676. The third-order valence-corrected chi connectivity index (χ3v) is 5.01. The van der Waals surface area contributed by atoms with Gasteiger partial charge in [0.15, 0.2) is 0 Å². The zero-order valence-electron chi connectivity index (χ0n) is 13.0. The van der Waals surface area contributed by atoms with Gasteiger partial charge in [-0.25, -0.2) is 8.42 Å². The minimum absolute atomic E-state index is 0.0937. The van der Waals surface area contributed by atoms with E-state index in [1.165, 1.54) is 4.31 Å². The third kappa shape index (κ3) is 6.06. The molecule has 0 saturated heterocycles. The lowest BCUT2D eigenvalue weighted by atomic mass is 9.85. The van der Waals surface area contributed by atoms with Crippen molar-refractivity contribution in [3.63, 3.8) is 0 Å². The van der Waals surface area contributed by atoms with Crippen molar-refractivity contribution in [2.24, 2.45) is 0 Å². The fourth-order valence-electron chi connectivity index (χ4n) is 1.91. The molecule has 0 aliphatic carbocycles. The van der Waals surface area contributed by atoms with E-state index in [0.717, 1.165) is 24.3 Å². The van der Waals surface area contributed by atoms with E-state index in [0.29, 0.717) is 12.8 Å². The summed E-state index contributed by atoms with van der Waals surface area (Å²) in [5, 5.41) is 0. The number of sulfonamides is 1. The largest absolute Gasteiger partial charge is 0.573 e. The van der Waals surface area contributed by atoms with E-state index in [-0.39, 0.29) is 23.8 Å². The molecule has 0 saturated carbocycles. The molecule has 1 atom stereocenters. The van der Waals surface area contributed by atoms with Gasteiger partial charge in [0.25, 0.3) is 0 Å². The lowest BCUT2D eigenvalue weighted by molar-refractivity contribution is -0.274. The van der Waals surface area contributed by atoms with E-state index in [2.05, 4.69) is 4.74 Å². The number of nitrogens with zero attached hydrogens (tertiary/aromatic N) is 1. The fraction of sp³-hybridized carbons (Fsp3) is 0.571. The zero-order valence-corrected chi connectivity index (χ0v) is 13.8. The minimum Gasteiger partial charge on any atom is -0.406 e. The molecular weight excluding hydrogens is 330 g/mol. The molecule has 0 aliphatic rings. The van der Waals surface area contributed by atoms with Crippen LogP contribution in [0, 0.1) is 0 Å². The van der Waals surface area contributed by atoms with Gasteiger partial charge in [0.2, 0.25) is 10.0 Å². The Hall–Kier alpha value is -1.22. The summed E-state index contributed by atoms with van der Waals surface area (Å²) in [5.74, 6) is -0.770. The highest BCUT2D eigenvalue weighted by molar-refractivity contribution is 7.89. The van der Waals surface area contributed by atoms with Gasteiger partial charge in [0.1, 0.15) is 5.75 Å². The van der Waals surface area contributed by atoms with Gasteiger partial charge in [0.05, 0.1) is 12.7 Å². The van der Waals surface area contributed by atoms with E-state index in [1.807, 2.05) is 13.8 Å². The van der Waals surface area contributed by atoms with Crippen LogP contribution in [0.2, 0.25) is 5.82 Å². The van der Waals surface area contributed by atoms with E-state index >= 15 is 0 Å². The highest BCUT2D eigenvalue weighted by Gasteiger charge is 2.31. The van der Waals surface area contributed by atoms with Crippen LogP contribution in [0.15, 0.2) is 29.2 Å². The molecule has 0 aliphatic heterocycles. The average molecular weight is 349 g/mol. The lowest BCUT2D eigenvalue weighted by Gasteiger charge is -2.24. The Morgan fingerprint density at radius 3 is 2.22 bits per heavy atom. The number of ether oxygens (including phenoxy) is 1. The first kappa shape index (κ1) is 19.8. The topological polar surface area (TPSA) is 46.6 Å². The smallest absolute Gasteiger partial charge is 0.406 e. The normalized spacial score (nSPS) is 14.0. The first-order chi connectivity index (χ1) is 10.6. The molecule has 1 aromatic carbocycles. The van der Waals surface area contributed by atoms with Crippen LogP contribution in [0.1, 0.15) is 26.7 Å². The van der Waals surface area contributed by atoms with E-state index in [4.69, 9.17) is 7.85 Å². The molecule has 1 rings (SSSR count). The number of hydrogen-bond donors (Lipinski definition) is 0. The molecule has 0 aromatic heterocycles. The van der Waals surface area contributed by atoms with Gasteiger partial charge in [-0.2, -0.15) is 4.31 Å². The third-order valence-electron chi connectivity index (χ3n) is 3.13. The SMILES string of the molecule is [B]C(CC)CN(CCC)S(=O)(=O)c1ccc(OC(F)(F)F)cc1. The number of hydrogen-bond acceptors (Lipinski definition) is 3. The van der Waals surface area contributed by atoms with Crippen molar-refractivity contribution in [3.8, 4) is 5.75 Å². The second-order valence-electron chi connectivity index (χ2n) is 5.05. The number of alkyl halides is 3. The van der Waals surface area contributed by atoms with E-state index in [9.17, 15) is 21.6 Å². The average Bonchev–Trinajstić information content (AvgIpc) is 2.45. The molecule has 1 unspecified atom stereocenters. The molecule has 0 fully saturated rings. The van der Waals surface area contributed by atoms with Gasteiger partial charge in [-0.1, -0.05) is 26.1 Å². The second-order valence-corrected chi connectivity index (χ2v) is 6.99. The molecular formula is C14H19BF3NO3S. The molecule has 0 N–H and O–H groups in total. The predicted octanol–water partition coefficient (Wildman–Crippen LogP) is 3.35. The van der Waals surface area contributed by atoms with E-state index < -0.39 is 22.1 Å². The van der Waals surface area contributed by atoms with Crippen molar-refractivity contribution in [1.29, 1.82) is 0 Å². The first-order valence-electron chi connectivity index (χ1n) is 7.21. The fourth-order valence-corrected chi connectivity index (χ4v) is 3.50. The molecule has 2 radical (unpaired) electrons. The van der Waals surface area contributed by atoms with Crippen LogP contribution in [0.3, 0.4) is 0 Å². The molecule has 1 aromatic rings. The highest BCUT2D eigenvalue weighted by atomic mass is 32.2. The first-order valence-corrected chi connectivity index (χ1v) is 8.65. The summed E-state index contributed by atoms with van der Waals surface area (Å²) in [4.78, 5) is -0.0937. The monoisotopic (exact) mass is 349 g/mol. The maximum Gasteiger partial charge on any atom is 0.573 e. The van der Waals surface area contributed by atoms with Gasteiger partial charge in [-0.3, -0.25) is 0 Å². The molecule has 128 valence electrons. The standard InChI is InChI=1S/C14H19BF3NO3S/c1-3-9-19(10-11(15)4-2)23(20,21)13-7-5-12(6-8-13)22-14(16,17)18/h5-8,11H,3-4,9-10H2,1-2H3.